The van der Waals surface area contributed by atoms with E-state index in [1.165, 1.54) is 6.07 Å². The number of benzene rings is 1. The van der Waals surface area contributed by atoms with Gasteiger partial charge in [0.2, 0.25) is 0 Å². The third-order valence-electron chi connectivity index (χ3n) is 3.03. The Morgan fingerprint density at radius 1 is 1.52 bits per heavy atom. The van der Waals surface area contributed by atoms with Crippen LogP contribution in [0.4, 0.5) is 4.39 Å². The molecule has 0 aromatic heterocycles. The lowest BCUT2D eigenvalue weighted by Crippen LogP contribution is -2.32. The molecule has 0 aliphatic carbocycles. The van der Waals surface area contributed by atoms with Crippen molar-refractivity contribution in [1.29, 1.82) is 0 Å². The first kappa shape index (κ1) is 16.7. The zero-order valence-corrected chi connectivity index (χ0v) is 13.9. The summed E-state index contributed by atoms with van der Waals surface area (Å²) in [4.78, 5) is 11.3. The van der Waals surface area contributed by atoms with E-state index in [4.69, 9.17) is 15.4 Å². The summed E-state index contributed by atoms with van der Waals surface area (Å²) in [5, 5.41) is 2.52. The number of carbonyl (C=O) groups excluding carboxylic acids is 1. The first-order valence-electron chi connectivity index (χ1n) is 6.12. The van der Waals surface area contributed by atoms with Gasteiger partial charge in [-0.05, 0) is 25.0 Å². The van der Waals surface area contributed by atoms with Crippen LogP contribution in [0.3, 0.4) is 0 Å². The second-order valence-electron chi connectivity index (χ2n) is 4.55. The zero-order chi connectivity index (χ0) is 15.6. The smallest absolute Gasteiger partial charge is 0.264 e. The molecule has 116 valence electrons. The second-order valence-corrected chi connectivity index (χ2v) is 8.00. The molecule has 1 fully saturated rings. The first-order chi connectivity index (χ1) is 9.79. The van der Waals surface area contributed by atoms with Crippen LogP contribution in [-0.4, -0.2) is 33.6 Å². The molecule has 1 aliphatic rings. The lowest BCUT2D eigenvalue weighted by atomic mass is 10.2. The van der Waals surface area contributed by atoms with Crippen LogP contribution in [0.15, 0.2) is 21.5 Å². The standard InChI is InChI=1S/C12H12BrClFNO4S/c13-7-4-9(11(15)10(5-7)21(14,18)19)12(17)16-6-8-2-1-3-20-8/h4-5,8H,1-3,6H2,(H,16,17). The topological polar surface area (TPSA) is 72.5 Å². The van der Waals surface area contributed by atoms with Gasteiger partial charge in [0.15, 0.2) is 5.82 Å². The van der Waals surface area contributed by atoms with E-state index in [1.807, 2.05) is 0 Å². The molecule has 1 aliphatic heterocycles. The molecule has 1 unspecified atom stereocenters. The van der Waals surface area contributed by atoms with Crippen molar-refractivity contribution in [3.63, 3.8) is 0 Å². The van der Waals surface area contributed by atoms with Crippen molar-refractivity contribution in [2.24, 2.45) is 0 Å². The fourth-order valence-electron chi connectivity index (χ4n) is 2.01. The number of nitrogens with one attached hydrogen (secondary N) is 1. The first-order valence-corrected chi connectivity index (χ1v) is 9.23. The number of amides is 1. The van der Waals surface area contributed by atoms with Gasteiger partial charge < -0.3 is 10.1 Å². The van der Waals surface area contributed by atoms with Gasteiger partial charge in [0.1, 0.15) is 4.90 Å². The maximum absolute atomic E-state index is 14.1. The number of rotatable bonds is 4. The van der Waals surface area contributed by atoms with Crippen LogP contribution in [-0.2, 0) is 13.8 Å². The van der Waals surface area contributed by atoms with E-state index < -0.39 is 25.7 Å². The Hall–Kier alpha value is -0.700. The molecular formula is C12H12BrClFNO4S. The van der Waals surface area contributed by atoms with Crippen molar-refractivity contribution in [1.82, 2.24) is 5.32 Å². The molecule has 1 saturated heterocycles. The summed E-state index contributed by atoms with van der Waals surface area (Å²) in [6, 6.07) is 2.21. The number of hydrogen-bond donors (Lipinski definition) is 1. The molecule has 5 nitrogen and oxygen atoms in total. The zero-order valence-electron chi connectivity index (χ0n) is 10.7. The molecule has 0 radical (unpaired) electrons. The highest BCUT2D eigenvalue weighted by Crippen LogP contribution is 2.26. The SMILES string of the molecule is O=C(NCC1CCCO1)c1cc(Br)cc(S(=O)(=O)Cl)c1F. The molecule has 0 spiro atoms. The Morgan fingerprint density at radius 3 is 2.81 bits per heavy atom. The fraction of sp³-hybridized carbons (Fsp3) is 0.417. The molecule has 1 atom stereocenters. The lowest BCUT2D eigenvalue weighted by molar-refractivity contribution is 0.0854. The predicted octanol–water partition coefficient (Wildman–Crippen LogP) is 2.42. The highest BCUT2D eigenvalue weighted by atomic mass is 79.9. The van der Waals surface area contributed by atoms with Gasteiger partial charge in [-0.1, -0.05) is 15.9 Å². The summed E-state index contributed by atoms with van der Waals surface area (Å²) in [6.07, 6.45) is 1.64. The summed E-state index contributed by atoms with van der Waals surface area (Å²) in [5.41, 5.74) is -0.387. The molecule has 1 heterocycles. The summed E-state index contributed by atoms with van der Waals surface area (Å²) in [6.45, 7) is 0.883. The Bertz CT molecular complexity index is 661. The van der Waals surface area contributed by atoms with E-state index >= 15 is 0 Å². The van der Waals surface area contributed by atoms with Gasteiger partial charge in [0.25, 0.3) is 15.0 Å². The molecule has 2 rings (SSSR count). The van der Waals surface area contributed by atoms with Gasteiger partial charge in [0.05, 0.1) is 11.7 Å². The molecule has 21 heavy (non-hydrogen) atoms. The van der Waals surface area contributed by atoms with E-state index in [2.05, 4.69) is 21.2 Å². The van der Waals surface area contributed by atoms with Crippen LogP contribution >= 0.6 is 26.6 Å². The van der Waals surface area contributed by atoms with Crippen LogP contribution in [0.1, 0.15) is 23.2 Å². The number of hydrogen-bond acceptors (Lipinski definition) is 4. The minimum Gasteiger partial charge on any atom is -0.376 e. The van der Waals surface area contributed by atoms with Crippen molar-refractivity contribution in [3.05, 3.63) is 28.0 Å². The second kappa shape index (κ2) is 6.60. The minimum absolute atomic E-state index is 0.0969. The van der Waals surface area contributed by atoms with Crippen molar-refractivity contribution in [2.75, 3.05) is 13.2 Å². The van der Waals surface area contributed by atoms with Crippen LogP contribution in [0.2, 0.25) is 0 Å². The summed E-state index contributed by atoms with van der Waals surface area (Å²) in [7, 11) is 0.873. The fourth-order valence-corrected chi connectivity index (χ4v) is 3.55. The minimum atomic E-state index is -4.28. The average Bonchev–Trinajstić information content (AvgIpc) is 2.90. The van der Waals surface area contributed by atoms with Crippen LogP contribution in [0, 0.1) is 5.82 Å². The average molecular weight is 401 g/mol. The molecule has 0 saturated carbocycles. The Balaban J connectivity index is 2.22. The van der Waals surface area contributed by atoms with Crippen LogP contribution in [0.5, 0.6) is 0 Å². The van der Waals surface area contributed by atoms with E-state index in [-0.39, 0.29) is 22.7 Å². The molecule has 1 amide bonds. The molecule has 1 aromatic rings. The van der Waals surface area contributed by atoms with E-state index in [0.29, 0.717) is 6.61 Å². The largest absolute Gasteiger partial charge is 0.376 e. The van der Waals surface area contributed by atoms with Crippen molar-refractivity contribution < 1.29 is 22.3 Å². The number of carbonyl (C=O) groups is 1. The van der Waals surface area contributed by atoms with Gasteiger partial charge in [-0.15, -0.1) is 0 Å². The third kappa shape index (κ3) is 4.15. The van der Waals surface area contributed by atoms with E-state index in [1.54, 1.807) is 0 Å². The normalized spacial score (nSPS) is 18.7. The van der Waals surface area contributed by atoms with E-state index in [9.17, 15) is 17.6 Å². The predicted molar refractivity (Wildman–Crippen MR) is 78.4 cm³/mol. The number of halogens is 3. The van der Waals surface area contributed by atoms with Gasteiger partial charge in [-0.25, -0.2) is 12.8 Å². The summed E-state index contributed by atoms with van der Waals surface area (Å²) >= 11 is 3.03. The van der Waals surface area contributed by atoms with Gasteiger partial charge in [0, 0.05) is 28.3 Å². The highest BCUT2D eigenvalue weighted by Gasteiger charge is 2.24. The molecule has 0 bridgehead atoms. The van der Waals surface area contributed by atoms with E-state index in [0.717, 1.165) is 18.9 Å². The maximum atomic E-state index is 14.1. The summed E-state index contributed by atoms with van der Waals surface area (Å²) < 4.78 is 42.3. The molecular weight excluding hydrogens is 389 g/mol. The Kier molecular flexibility index (Phi) is 5.24. The molecule has 9 heteroatoms. The van der Waals surface area contributed by atoms with Gasteiger partial charge in [-0.3, -0.25) is 4.79 Å². The van der Waals surface area contributed by atoms with Gasteiger partial charge in [-0.2, -0.15) is 0 Å². The van der Waals surface area contributed by atoms with Crippen molar-refractivity contribution in [3.8, 4) is 0 Å². The summed E-state index contributed by atoms with van der Waals surface area (Å²) in [5.74, 6) is -1.89. The van der Waals surface area contributed by atoms with Crippen molar-refractivity contribution in [2.45, 2.75) is 23.8 Å². The van der Waals surface area contributed by atoms with Crippen LogP contribution < -0.4 is 5.32 Å². The Morgan fingerprint density at radius 2 is 2.24 bits per heavy atom. The maximum Gasteiger partial charge on any atom is 0.264 e. The monoisotopic (exact) mass is 399 g/mol. The van der Waals surface area contributed by atoms with Crippen LogP contribution in [0.25, 0.3) is 0 Å². The Labute approximate surface area is 134 Å². The molecule has 1 aromatic carbocycles. The highest BCUT2D eigenvalue weighted by molar-refractivity contribution is 9.10. The third-order valence-corrected chi connectivity index (χ3v) is 4.80. The van der Waals surface area contributed by atoms with Gasteiger partial charge >= 0.3 is 0 Å². The molecule has 1 N–H and O–H groups in total. The number of ether oxygens (including phenoxy) is 1. The lowest BCUT2D eigenvalue weighted by Gasteiger charge is -2.12. The quantitative estimate of drug-likeness (QED) is 0.788. The van der Waals surface area contributed by atoms with Crippen molar-refractivity contribution >= 4 is 41.6 Å².